The normalized spacial score (nSPS) is 21.8. The Labute approximate surface area is 332 Å². The Morgan fingerprint density at radius 3 is 2.22 bits per heavy atom. The van der Waals surface area contributed by atoms with Crippen molar-refractivity contribution in [2.75, 3.05) is 49.5 Å². The zero-order chi connectivity index (χ0) is 41.1. The number of fused-ring (bicyclic) bond motifs is 1. The van der Waals surface area contributed by atoms with Gasteiger partial charge in [-0.15, -0.1) is 0 Å². The predicted molar refractivity (Wildman–Crippen MR) is 204 cm³/mol. The van der Waals surface area contributed by atoms with Gasteiger partial charge in [-0.05, 0) is 107 Å². The van der Waals surface area contributed by atoms with Crippen LogP contribution in [0.2, 0.25) is 0 Å². The SMILES string of the molecule is CC(C)(C(=O)Nc1ccc(C#N)c(C(F)(F)F)c1)n1cc(C2CCN(C3CCN(C4CN(c5ccc6c(c5)C(=O)N(C5CCC(=O)NC5=O)C6=O)C4)CC3)CC2)cn1. The highest BCUT2D eigenvalue weighted by Gasteiger charge is 2.45. The van der Waals surface area contributed by atoms with Crippen molar-refractivity contribution in [2.45, 2.75) is 88.1 Å². The van der Waals surface area contributed by atoms with Crippen molar-refractivity contribution in [3.8, 4) is 6.07 Å². The van der Waals surface area contributed by atoms with E-state index in [1.807, 2.05) is 12.3 Å². The van der Waals surface area contributed by atoms with E-state index in [9.17, 15) is 37.1 Å². The summed E-state index contributed by atoms with van der Waals surface area (Å²) in [6.07, 6.45) is 3.12. The Morgan fingerprint density at radius 1 is 0.879 bits per heavy atom. The fourth-order valence-corrected chi connectivity index (χ4v) is 8.96. The van der Waals surface area contributed by atoms with E-state index in [1.165, 1.54) is 6.07 Å². The highest BCUT2D eigenvalue weighted by atomic mass is 19.4. The number of hydrogen-bond acceptors (Lipinski definition) is 10. The maximum atomic E-state index is 13.5. The van der Waals surface area contributed by atoms with Crippen LogP contribution in [0.1, 0.15) is 95.7 Å². The first-order chi connectivity index (χ1) is 27.6. The first-order valence-electron chi connectivity index (χ1n) is 19.7. The summed E-state index contributed by atoms with van der Waals surface area (Å²) < 4.78 is 42.0. The van der Waals surface area contributed by atoms with Gasteiger partial charge in [0.15, 0.2) is 0 Å². The van der Waals surface area contributed by atoms with Gasteiger partial charge in [0.25, 0.3) is 17.7 Å². The van der Waals surface area contributed by atoms with Crippen LogP contribution in [0.15, 0.2) is 48.8 Å². The van der Waals surface area contributed by atoms with E-state index in [2.05, 4.69) is 30.4 Å². The molecule has 6 heterocycles. The summed E-state index contributed by atoms with van der Waals surface area (Å²) in [5.74, 6) is -2.31. The third-order valence-corrected chi connectivity index (χ3v) is 12.6. The number of rotatable bonds is 8. The predicted octanol–water partition coefficient (Wildman–Crippen LogP) is 4.08. The van der Waals surface area contributed by atoms with Gasteiger partial charge in [-0.3, -0.25) is 43.8 Å². The quantitative estimate of drug-likeness (QED) is 0.318. The molecule has 0 spiro atoms. The Balaban J connectivity index is 0.794. The number of carbonyl (C=O) groups excluding carboxylic acids is 5. The van der Waals surface area contributed by atoms with Gasteiger partial charge in [0.2, 0.25) is 11.8 Å². The van der Waals surface area contributed by atoms with E-state index < -0.39 is 58.4 Å². The number of carbonyl (C=O) groups is 5. The molecule has 3 aromatic rings. The second kappa shape index (κ2) is 15.0. The zero-order valence-corrected chi connectivity index (χ0v) is 32.2. The van der Waals surface area contributed by atoms with Crippen LogP contribution in [0.25, 0.3) is 0 Å². The van der Waals surface area contributed by atoms with Gasteiger partial charge in [-0.25, -0.2) is 0 Å². The molecule has 5 aliphatic rings. The van der Waals surface area contributed by atoms with E-state index in [0.717, 1.165) is 93.2 Å². The number of likely N-dealkylation sites (tertiary alicyclic amines) is 2. The number of imide groups is 2. The minimum Gasteiger partial charge on any atom is -0.368 e. The van der Waals surface area contributed by atoms with Gasteiger partial charge in [0.1, 0.15) is 11.6 Å². The van der Waals surface area contributed by atoms with Crippen molar-refractivity contribution in [1.82, 2.24) is 29.8 Å². The van der Waals surface area contributed by atoms with E-state index >= 15 is 0 Å². The van der Waals surface area contributed by atoms with Crippen LogP contribution < -0.4 is 15.5 Å². The van der Waals surface area contributed by atoms with Crippen molar-refractivity contribution in [1.29, 1.82) is 5.26 Å². The smallest absolute Gasteiger partial charge is 0.368 e. The van der Waals surface area contributed by atoms with Crippen LogP contribution in [0.4, 0.5) is 24.5 Å². The van der Waals surface area contributed by atoms with Gasteiger partial charge >= 0.3 is 6.18 Å². The molecule has 17 heteroatoms. The molecule has 0 aliphatic carbocycles. The zero-order valence-electron chi connectivity index (χ0n) is 32.2. The summed E-state index contributed by atoms with van der Waals surface area (Å²) in [6.45, 7) is 8.81. The number of hydrogen-bond donors (Lipinski definition) is 2. The number of aromatic nitrogens is 2. The van der Waals surface area contributed by atoms with Crippen molar-refractivity contribution in [3.05, 3.63) is 76.6 Å². The average molecular weight is 800 g/mol. The third kappa shape index (κ3) is 7.23. The van der Waals surface area contributed by atoms with Gasteiger partial charge in [-0.1, -0.05) is 0 Å². The lowest BCUT2D eigenvalue weighted by Crippen LogP contribution is -2.62. The molecule has 4 saturated heterocycles. The first kappa shape index (κ1) is 39.2. The maximum Gasteiger partial charge on any atom is 0.417 e. The number of benzene rings is 2. The van der Waals surface area contributed by atoms with Gasteiger partial charge in [0, 0.05) is 62.3 Å². The summed E-state index contributed by atoms with van der Waals surface area (Å²) in [5.41, 5.74) is -0.423. The lowest BCUT2D eigenvalue weighted by Gasteiger charge is -2.50. The molecule has 1 aromatic heterocycles. The second-order valence-corrected chi connectivity index (χ2v) is 16.4. The van der Waals surface area contributed by atoms with Gasteiger partial charge in [0.05, 0.1) is 34.5 Å². The molecule has 304 valence electrons. The Hall–Kier alpha value is -5.60. The number of amides is 5. The molecule has 1 atom stereocenters. The van der Waals surface area contributed by atoms with Crippen molar-refractivity contribution < 1.29 is 37.1 Å². The van der Waals surface area contributed by atoms with E-state index in [4.69, 9.17) is 5.26 Å². The van der Waals surface area contributed by atoms with Crippen LogP contribution in [0, 0.1) is 11.3 Å². The number of nitrogens with one attached hydrogen (secondary N) is 2. The van der Waals surface area contributed by atoms with Gasteiger partial charge < -0.3 is 15.1 Å². The molecule has 58 heavy (non-hydrogen) atoms. The van der Waals surface area contributed by atoms with E-state index in [-0.39, 0.29) is 35.6 Å². The van der Waals surface area contributed by atoms with Crippen LogP contribution in [-0.2, 0) is 26.1 Å². The second-order valence-electron chi connectivity index (χ2n) is 16.4. The molecule has 0 radical (unpaired) electrons. The molecule has 0 bridgehead atoms. The molecule has 8 rings (SSSR count). The minimum absolute atomic E-state index is 0.0548. The Kier molecular flexibility index (Phi) is 10.1. The van der Waals surface area contributed by atoms with Crippen molar-refractivity contribution in [3.63, 3.8) is 0 Å². The number of piperidine rings is 3. The largest absolute Gasteiger partial charge is 0.417 e. The molecule has 5 aliphatic heterocycles. The van der Waals surface area contributed by atoms with Crippen molar-refractivity contribution >= 4 is 40.9 Å². The third-order valence-electron chi connectivity index (χ3n) is 12.6. The molecular formula is C41H44F3N9O5. The van der Waals surface area contributed by atoms with E-state index in [1.54, 1.807) is 42.9 Å². The first-order valence-corrected chi connectivity index (χ1v) is 19.7. The summed E-state index contributed by atoms with van der Waals surface area (Å²) in [7, 11) is 0. The van der Waals surface area contributed by atoms with Crippen molar-refractivity contribution in [2.24, 2.45) is 0 Å². The van der Waals surface area contributed by atoms with Crippen LogP contribution >= 0.6 is 0 Å². The maximum absolute atomic E-state index is 13.5. The highest BCUT2D eigenvalue weighted by molar-refractivity contribution is 6.23. The Morgan fingerprint density at radius 2 is 1.55 bits per heavy atom. The minimum atomic E-state index is -4.74. The Bertz CT molecular complexity index is 2210. The molecule has 1 unspecified atom stereocenters. The molecule has 4 fully saturated rings. The fourth-order valence-electron chi connectivity index (χ4n) is 8.96. The lowest BCUT2D eigenvalue weighted by atomic mass is 9.89. The molecule has 5 amide bonds. The summed E-state index contributed by atoms with van der Waals surface area (Å²) >= 11 is 0. The fraction of sp³-hybridized carbons (Fsp3) is 0.488. The van der Waals surface area contributed by atoms with E-state index in [0.29, 0.717) is 12.1 Å². The number of nitriles is 1. The summed E-state index contributed by atoms with van der Waals surface area (Å²) in [5, 5.41) is 18.4. The molecule has 14 nitrogen and oxygen atoms in total. The number of anilines is 2. The topological polar surface area (TPSA) is 164 Å². The van der Waals surface area contributed by atoms with Gasteiger partial charge in [-0.2, -0.15) is 23.5 Å². The number of alkyl halides is 3. The summed E-state index contributed by atoms with van der Waals surface area (Å²) in [6, 6.07) is 9.80. The molecule has 0 saturated carbocycles. The number of nitrogens with zero attached hydrogens (tertiary/aromatic N) is 7. The van der Waals surface area contributed by atoms with Crippen LogP contribution in [-0.4, -0.2) is 111 Å². The molecular weight excluding hydrogens is 756 g/mol. The number of halogens is 3. The molecule has 2 aromatic carbocycles. The standard InChI is InChI=1S/C41H44F3N9O5/c1-40(2,39(58)47-27-4-3-25(19-45)33(17-27)41(42,43)44)52-21-26(20-46-52)24-9-13-49(14-10-24)28-11-15-50(16-12-28)30-22-51(23-30)29-5-6-31-32(18-29)38(57)53(37(31)56)34-7-8-35(54)48-36(34)55/h3-6,17-18,20-21,24,28,30,34H,7-16,22-23H2,1-2H3,(H,47,58)(H,48,54,55). The molecule has 2 N–H and O–H groups in total. The monoisotopic (exact) mass is 799 g/mol. The average Bonchev–Trinajstić information content (AvgIpc) is 3.78. The highest BCUT2D eigenvalue weighted by Crippen LogP contribution is 2.36. The van der Waals surface area contributed by atoms with Crippen LogP contribution in [0.3, 0.4) is 0 Å². The summed E-state index contributed by atoms with van der Waals surface area (Å²) in [4.78, 5) is 72.0. The van der Waals surface area contributed by atoms with Crippen LogP contribution in [0.5, 0.6) is 0 Å². The lowest BCUT2D eigenvalue weighted by molar-refractivity contribution is -0.138.